The third kappa shape index (κ3) is 3.16. The van der Waals surface area contributed by atoms with E-state index in [1.807, 2.05) is 18.2 Å². The van der Waals surface area contributed by atoms with Gasteiger partial charge in [0.2, 0.25) is 0 Å². The van der Waals surface area contributed by atoms with E-state index in [-0.39, 0.29) is 0 Å². The molecule has 0 atom stereocenters. The van der Waals surface area contributed by atoms with E-state index in [2.05, 4.69) is 36.4 Å². The maximum atomic E-state index is 6.14. The van der Waals surface area contributed by atoms with Gasteiger partial charge >= 0.3 is 111 Å². The van der Waals surface area contributed by atoms with Crippen LogP contribution in [-0.4, -0.2) is 17.5 Å². The Hall–Kier alpha value is -0.181. The molecule has 0 nitrogen and oxygen atoms in total. The number of benzene rings is 2. The average Bonchev–Trinajstić information content (AvgIpc) is 2.31. The second kappa shape index (κ2) is 5.94. The molecule has 3 heteroatoms. The van der Waals surface area contributed by atoms with Crippen LogP contribution in [0.4, 0.5) is 0 Å². The molecule has 0 aliphatic carbocycles. The Morgan fingerprint density at radius 1 is 0.812 bits per heavy atom. The first-order valence-corrected chi connectivity index (χ1v) is 13.7. The topological polar surface area (TPSA) is 0 Å². The van der Waals surface area contributed by atoms with Crippen molar-refractivity contribution in [3.05, 3.63) is 65.7 Å². The van der Waals surface area contributed by atoms with Crippen molar-refractivity contribution < 1.29 is 0 Å². The molecule has 0 unspecified atom stereocenters. The van der Waals surface area contributed by atoms with Crippen LogP contribution in [0.1, 0.15) is 11.1 Å². The molecular formula is C13H11Cl2Sn. The summed E-state index contributed by atoms with van der Waals surface area (Å²) in [7, 11) is 12.3. The molecule has 0 aliphatic rings. The molecule has 0 bridgehead atoms. The molecule has 0 heterocycles. The number of hydrogen-bond donors (Lipinski definition) is 0. The predicted molar refractivity (Wildman–Crippen MR) is 72.8 cm³/mol. The van der Waals surface area contributed by atoms with Crippen molar-refractivity contribution in [3.63, 3.8) is 0 Å². The van der Waals surface area contributed by atoms with E-state index >= 15 is 0 Å². The Kier molecular flexibility index (Phi) is 4.56. The molecule has 0 amide bonds. The minimum absolute atomic E-state index is 0.917. The molecule has 2 rings (SSSR count). The van der Waals surface area contributed by atoms with E-state index in [4.69, 9.17) is 17.8 Å². The molecule has 0 saturated carbocycles. The van der Waals surface area contributed by atoms with Gasteiger partial charge in [0.25, 0.3) is 0 Å². The van der Waals surface area contributed by atoms with Crippen LogP contribution in [0.3, 0.4) is 0 Å². The van der Waals surface area contributed by atoms with Gasteiger partial charge in [-0.05, 0) is 0 Å². The van der Waals surface area contributed by atoms with Gasteiger partial charge in [0.05, 0.1) is 0 Å². The minimum atomic E-state index is -2.31. The molecule has 0 aromatic heterocycles. The third-order valence-electron chi connectivity index (χ3n) is 2.46. The van der Waals surface area contributed by atoms with E-state index in [0.29, 0.717) is 0 Å². The van der Waals surface area contributed by atoms with E-state index in [1.165, 1.54) is 14.7 Å². The standard InChI is InChI=1S/C13H11.2ClH.Sn/c1-3-7-12(8-4-1)11-13-9-5-2-6-10-13;;;/h1-9H,11H2;2*1H;/q;;;+2/p-2. The average molecular weight is 357 g/mol. The van der Waals surface area contributed by atoms with Crippen molar-refractivity contribution in [1.29, 1.82) is 0 Å². The Morgan fingerprint density at radius 3 is 2.12 bits per heavy atom. The van der Waals surface area contributed by atoms with Crippen molar-refractivity contribution in [2.75, 3.05) is 0 Å². The second-order valence-electron chi connectivity index (χ2n) is 3.58. The number of rotatable bonds is 3. The summed E-state index contributed by atoms with van der Waals surface area (Å²) in [5, 5.41) is 0. The second-order valence-corrected chi connectivity index (χ2v) is 13.0. The van der Waals surface area contributed by atoms with Crippen molar-refractivity contribution in [3.8, 4) is 0 Å². The third-order valence-corrected chi connectivity index (χ3v) is 7.74. The zero-order chi connectivity index (χ0) is 11.4. The SMILES string of the molecule is [Cl][Sn]([Cl])[c]1ccccc1Cc1ccccc1. The van der Waals surface area contributed by atoms with E-state index in [9.17, 15) is 0 Å². The van der Waals surface area contributed by atoms with Crippen LogP contribution in [0.25, 0.3) is 0 Å². The molecule has 0 spiro atoms. The first kappa shape index (κ1) is 12.3. The fourth-order valence-electron chi connectivity index (χ4n) is 1.67. The summed E-state index contributed by atoms with van der Waals surface area (Å²) >= 11 is -2.31. The molecule has 0 saturated heterocycles. The summed E-state index contributed by atoms with van der Waals surface area (Å²) in [5.74, 6) is 0. The summed E-state index contributed by atoms with van der Waals surface area (Å²) in [6, 6.07) is 18.6. The molecule has 81 valence electrons. The van der Waals surface area contributed by atoms with Crippen molar-refractivity contribution in [1.82, 2.24) is 0 Å². The van der Waals surface area contributed by atoms with Gasteiger partial charge in [-0.1, -0.05) is 0 Å². The first-order chi connectivity index (χ1) is 7.77. The van der Waals surface area contributed by atoms with Crippen molar-refractivity contribution >= 4 is 38.9 Å². The van der Waals surface area contributed by atoms with Crippen LogP contribution in [0.15, 0.2) is 54.6 Å². The Labute approximate surface area is 110 Å². The van der Waals surface area contributed by atoms with E-state index in [0.717, 1.165) is 6.42 Å². The maximum absolute atomic E-state index is 6.14. The van der Waals surface area contributed by atoms with Crippen LogP contribution < -0.4 is 3.58 Å². The van der Waals surface area contributed by atoms with Gasteiger partial charge in [-0.15, -0.1) is 0 Å². The summed E-state index contributed by atoms with van der Waals surface area (Å²) in [4.78, 5) is 0. The molecule has 0 fully saturated rings. The summed E-state index contributed by atoms with van der Waals surface area (Å²) in [6.07, 6.45) is 0.917. The van der Waals surface area contributed by atoms with Crippen LogP contribution in [0.5, 0.6) is 0 Å². The number of hydrogen-bond acceptors (Lipinski definition) is 0. The Morgan fingerprint density at radius 2 is 1.44 bits per heavy atom. The van der Waals surface area contributed by atoms with Crippen molar-refractivity contribution in [2.24, 2.45) is 0 Å². The molecule has 0 aliphatic heterocycles. The van der Waals surface area contributed by atoms with Crippen LogP contribution in [0.2, 0.25) is 0 Å². The zero-order valence-electron chi connectivity index (χ0n) is 8.66. The van der Waals surface area contributed by atoms with Crippen LogP contribution >= 0.6 is 17.8 Å². The quantitative estimate of drug-likeness (QED) is 0.739. The van der Waals surface area contributed by atoms with Gasteiger partial charge in [-0.25, -0.2) is 0 Å². The van der Waals surface area contributed by atoms with Crippen LogP contribution in [-0.2, 0) is 6.42 Å². The van der Waals surface area contributed by atoms with Crippen molar-refractivity contribution in [2.45, 2.75) is 6.42 Å². The Bertz CT molecular complexity index is 454. The fraction of sp³-hybridized carbons (Fsp3) is 0.0769. The summed E-state index contributed by atoms with van der Waals surface area (Å²) in [6.45, 7) is 0. The van der Waals surface area contributed by atoms with E-state index in [1.54, 1.807) is 0 Å². The fourth-order valence-corrected chi connectivity index (χ4v) is 5.97. The van der Waals surface area contributed by atoms with E-state index < -0.39 is 17.5 Å². The Balaban J connectivity index is 2.28. The van der Waals surface area contributed by atoms with Gasteiger partial charge in [0.1, 0.15) is 0 Å². The first-order valence-electron chi connectivity index (χ1n) is 5.07. The zero-order valence-corrected chi connectivity index (χ0v) is 13.0. The van der Waals surface area contributed by atoms with Gasteiger partial charge in [-0.3, -0.25) is 0 Å². The van der Waals surface area contributed by atoms with Crippen LogP contribution in [0, 0.1) is 0 Å². The predicted octanol–water partition coefficient (Wildman–Crippen LogP) is 3.45. The normalized spacial score (nSPS) is 10.7. The molecular weight excluding hydrogens is 346 g/mol. The molecule has 1 radical (unpaired) electrons. The summed E-state index contributed by atoms with van der Waals surface area (Å²) < 4.78 is 1.19. The molecule has 0 N–H and O–H groups in total. The monoisotopic (exact) mass is 357 g/mol. The molecule has 16 heavy (non-hydrogen) atoms. The summed E-state index contributed by atoms with van der Waals surface area (Å²) in [5.41, 5.74) is 2.57. The molecule has 2 aromatic rings. The van der Waals surface area contributed by atoms with Gasteiger partial charge in [0, 0.05) is 0 Å². The number of halogens is 2. The van der Waals surface area contributed by atoms with Gasteiger partial charge < -0.3 is 0 Å². The molecule has 2 aromatic carbocycles. The van der Waals surface area contributed by atoms with Gasteiger partial charge in [-0.2, -0.15) is 0 Å². The van der Waals surface area contributed by atoms with Gasteiger partial charge in [0.15, 0.2) is 0 Å².